The fourth-order valence-corrected chi connectivity index (χ4v) is 6.24. The summed E-state index contributed by atoms with van der Waals surface area (Å²) in [6.45, 7) is 0.948. The number of fused-ring (bicyclic) bond motifs is 1. The van der Waals surface area contributed by atoms with Crippen molar-refractivity contribution in [3.8, 4) is 0 Å². The summed E-state index contributed by atoms with van der Waals surface area (Å²) in [5.74, 6) is 0.965. The minimum atomic E-state index is -2.17. The quantitative estimate of drug-likeness (QED) is 0.246. The number of nitrogens with zero attached hydrogens (tertiary/aromatic N) is 2. The molecule has 1 saturated heterocycles. The van der Waals surface area contributed by atoms with Crippen LogP contribution in [0.4, 0.5) is 5.82 Å². The summed E-state index contributed by atoms with van der Waals surface area (Å²) in [6, 6.07) is 5.95. The molecule has 1 aromatic carbocycles. The van der Waals surface area contributed by atoms with Crippen LogP contribution in [0.2, 0.25) is 5.28 Å². The Morgan fingerprint density at radius 3 is 2.79 bits per heavy atom. The number of nitrogens with one attached hydrogen (secondary N) is 1. The zero-order valence-corrected chi connectivity index (χ0v) is 20.7. The van der Waals surface area contributed by atoms with Gasteiger partial charge in [-0.15, -0.1) is 0 Å². The second-order valence-corrected chi connectivity index (χ2v) is 11.8. The van der Waals surface area contributed by atoms with Crippen molar-refractivity contribution in [1.82, 2.24) is 9.97 Å². The molecule has 33 heavy (non-hydrogen) atoms. The molecule has 0 radical (unpaired) electrons. The Kier molecular flexibility index (Phi) is 9.07. The lowest BCUT2D eigenvalue weighted by Crippen LogP contribution is -2.25. The number of aliphatic hydroxyl groups is 1. The van der Waals surface area contributed by atoms with Gasteiger partial charge in [-0.1, -0.05) is 12.5 Å². The van der Waals surface area contributed by atoms with E-state index in [0.717, 1.165) is 61.5 Å². The molecule has 0 amide bonds. The molecule has 5 N–H and O–H groups in total. The van der Waals surface area contributed by atoms with Gasteiger partial charge in [0.05, 0.1) is 36.3 Å². The zero-order chi connectivity index (χ0) is 23.4. The zero-order valence-electron chi connectivity index (χ0n) is 18.2. The van der Waals surface area contributed by atoms with Crippen LogP contribution >= 0.6 is 28.4 Å². The van der Waals surface area contributed by atoms with E-state index < -0.39 is 16.8 Å². The Hall–Kier alpha value is -0.730. The van der Waals surface area contributed by atoms with Crippen molar-refractivity contribution in [2.45, 2.75) is 56.8 Å². The average molecular weight is 518 g/mol. The van der Waals surface area contributed by atoms with Crippen molar-refractivity contribution in [3.63, 3.8) is 0 Å². The van der Waals surface area contributed by atoms with Crippen LogP contribution in [-0.2, 0) is 9.26 Å². The Bertz CT molecular complexity index is 942. The van der Waals surface area contributed by atoms with E-state index in [-0.39, 0.29) is 36.1 Å². The Labute approximate surface area is 200 Å². The summed E-state index contributed by atoms with van der Waals surface area (Å²) in [6.07, 6.45) is 4.91. The first-order chi connectivity index (χ1) is 15.9. The van der Waals surface area contributed by atoms with Gasteiger partial charge in [0.1, 0.15) is 5.82 Å². The number of ether oxygens (including phenoxy) is 1. The van der Waals surface area contributed by atoms with E-state index in [2.05, 4.69) is 15.3 Å². The Morgan fingerprint density at radius 1 is 1.15 bits per heavy atom. The fraction of sp³-hybridized carbons (Fsp3) is 0.619. The highest BCUT2D eigenvalue weighted by Crippen LogP contribution is 2.45. The molecule has 0 spiro atoms. The lowest BCUT2D eigenvalue weighted by Gasteiger charge is -2.26. The molecular weight excluding hydrogens is 488 g/mol. The van der Waals surface area contributed by atoms with Gasteiger partial charge in [-0.2, -0.15) is 0 Å². The van der Waals surface area contributed by atoms with Gasteiger partial charge in [-0.3, -0.25) is 0 Å². The summed E-state index contributed by atoms with van der Waals surface area (Å²) in [4.78, 5) is 36.4. The largest absolute Gasteiger partial charge is 0.393 e. The fourth-order valence-electron chi connectivity index (χ4n) is 4.53. The number of rotatable bonds is 9. The molecule has 2 aromatic rings. The van der Waals surface area contributed by atoms with Crippen LogP contribution in [0.25, 0.3) is 10.9 Å². The number of hydrogen-bond donors (Lipinski definition) is 5. The van der Waals surface area contributed by atoms with Crippen molar-refractivity contribution in [3.05, 3.63) is 29.0 Å². The standard InChI is InChI=1S/C21H30ClN3O6P2/c22-21-24-18-9-14(19-7-5-16(31-19)11-30-33(29)12-32(27)28)4-6-17(18)20(25-21)23-10-13-2-1-3-15(26)8-13/h4,6,9,13,15-16,19,26-29H,1-3,5,7-8,10-12H2,(H,23,24,25). The lowest BCUT2D eigenvalue weighted by molar-refractivity contribution is 0.0178. The van der Waals surface area contributed by atoms with Gasteiger partial charge in [-0.25, -0.2) is 9.97 Å². The first kappa shape index (κ1) is 25.4. The topological polar surface area (TPSA) is 137 Å². The van der Waals surface area contributed by atoms with Crippen LogP contribution in [0.15, 0.2) is 18.2 Å². The molecule has 1 aliphatic heterocycles. The normalized spacial score (nSPS) is 26.7. The van der Waals surface area contributed by atoms with E-state index in [9.17, 15) is 10.00 Å². The van der Waals surface area contributed by atoms with Gasteiger partial charge >= 0.3 is 0 Å². The van der Waals surface area contributed by atoms with Crippen LogP contribution in [-0.4, -0.2) is 61.0 Å². The Balaban J connectivity index is 1.39. The van der Waals surface area contributed by atoms with Crippen LogP contribution < -0.4 is 5.32 Å². The number of aromatic nitrogens is 2. The van der Waals surface area contributed by atoms with Crippen LogP contribution in [0, 0.1) is 5.92 Å². The first-order valence-electron chi connectivity index (χ1n) is 11.2. The monoisotopic (exact) mass is 517 g/mol. The van der Waals surface area contributed by atoms with Crippen molar-refractivity contribution >= 4 is 45.1 Å². The number of benzene rings is 1. The molecule has 9 nitrogen and oxygen atoms in total. The maximum Gasteiger partial charge on any atom is 0.224 e. The highest BCUT2D eigenvalue weighted by molar-refractivity contribution is 7.63. The van der Waals surface area contributed by atoms with Gasteiger partial charge in [-0.05, 0) is 67.3 Å². The summed E-state index contributed by atoms with van der Waals surface area (Å²) in [7, 11) is -4.02. The van der Waals surface area contributed by atoms with E-state index in [1.165, 1.54) is 0 Å². The van der Waals surface area contributed by atoms with Gasteiger partial charge < -0.3 is 34.4 Å². The van der Waals surface area contributed by atoms with Gasteiger partial charge in [0, 0.05) is 11.9 Å². The van der Waals surface area contributed by atoms with Crippen LogP contribution in [0.5, 0.6) is 0 Å². The summed E-state index contributed by atoms with van der Waals surface area (Å²) in [5.41, 5.74) is 1.72. The van der Waals surface area contributed by atoms with Crippen molar-refractivity contribution in [2.24, 2.45) is 5.92 Å². The molecule has 1 aliphatic carbocycles. The molecule has 2 heterocycles. The third-order valence-corrected chi connectivity index (χ3v) is 8.74. The molecule has 182 valence electrons. The van der Waals surface area contributed by atoms with E-state index in [1.54, 1.807) is 0 Å². The van der Waals surface area contributed by atoms with Crippen LogP contribution in [0.3, 0.4) is 0 Å². The number of anilines is 1. The molecule has 0 bridgehead atoms. The van der Waals surface area contributed by atoms with Gasteiger partial charge in [0.15, 0.2) is 16.8 Å². The SMILES string of the molecule is OC1CCCC(CNc2nc(Cl)nc3cc(C4CCC(COP(O)CP(O)O)O4)ccc23)C1. The number of hydrogen-bond acceptors (Lipinski definition) is 9. The summed E-state index contributed by atoms with van der Waals surface area (Å²) < 4.78 is 11.4. The van der Waals surface area contributed by atoms with E-state index in [1.807, 2.05) is 18.2 Å². The number of halogens is 1. The highest BCUT2D eigenvalue weighted by atomic mass is 35.5. The molecule has 2 fully saturated rings. The molecular formula is C21H30ClN3O6P2. The second kappa shape index (κ2) is 11.8. The van der Waals surface area contributed by atoms with Crippen molar-refractivity contribution in [1.29, 1.82) is 0 Å². The maximum atomic E-state index is 9.92. The molecule has 12 heteroatoms. The van der Waals surface area contributed by atoms with Crippen LogP contribution in [0.1, 0.15) is 50.2 Å². The average Bonchev–Trinajstić information content (AvgIpc) is 3.24. The third kappa shape index (κ3) is 7.14. The molecule has 1 aromatic heterocycles. The molecule has 5 unspecified atom stereocenters. The minimum Gasteiger partial charge on any atom is -0.393 e. The molecule has 4 rings (SSSR count). The van der Waals surface area contributed by atoms with E-state index in [4.69, 9.17) is 30.6 Å². The molecule has 5 atom stereocenters. The maximum absolute atomic E-state index is 9.92. The first-order valence-corrected chi connectivity index (χ1v) is 14.4. The lowest BCUT2D eigenvalue weighted by atomic mass is 9.87. The van der Waals surface area contributed by atoms with Gasteiger partial charge in [0.2, 0.25) is 5.28 Å². The molecule has 1 saturated carbocycles. The van der Waals surface area contributed by atoms with Crippen molar-refractivity contribution < 1.29 is 29.0 Å². The smallest absolute Gasteiger partial charge is 0.224 e. The third-order valence-electron chi connectivity index (χ3n) is 6.14. The predicted octanol–water partition coefficient (Wildman–Crippen LogP) is 4.04. The minimum absolute atomic E-state index is 0.116. The van der Waals surface area contributed by atoms with Crippen molar-refractivity contribution in [2.75, 3.05) is 24.4 Å². The summed E-state index contributed by atoms with van der Waals surface area (Å²) >= 11 is 6.20. The second-order valence-electron chi connectivity index (χ2n) is 8.67. The predicted molar refractivity (Wildman–Crippen MR) is 129 cm³/mol. The summed E-state index contributed by atoms with van der Waals surface area (Å²) in [5, 5.41) is 14.4. The Morgan fingerprint density at radius 2 is 2.00 bits per heavy atom. The molecule has 2 aliphatic rings. The highest BCUT2D eigenvalue weighted by Gasteiger charge is 2.28. The van der Waals surface area contributed by atoms with E-state index in [0.29, 0.717) is 11.7 Å². The number of aliphatic hydroxyl groups excluding tert-OH is 1. The van der Waals surface area contributed by atoms with Gasteiger partial charge in [0.25, 0.3) is 0 Å². The van der Waals surface area contributed by atoms with E-state index >= 15 is 0 Å².